The van der Waals surface area contributed by atoms with Gasteiger partial charge in [-0.3, -0.25) is 0 Å². The third kappa shape index (κ3) is 3.80. The van der Waals surface area contributed by atoms with Gasteiger partial charge in [0, 0.05) is 1.43 Å². The first-order valence-electron chi connectivity index (χ1n) is 3.01. The first kappa shape index (κ1) is 6.96. The summed E-state index contributed by atoms with van der Waals surface area (Å²) in [6.45, 7) is 5.21. The molecule has 0 spiro atoms. The average Bonchev–Trinajstić information content (AvgIpc) is 1.68. The SMILES string of the molecule is CCC[C@H](C)CN.[HH]. The third-order valence-electron chi connectivity index (χ3n) is 1.18. The minimum atomic E-state index is 0. The lowest BCUT2D eigenvalue weighted by atomic mass is 10.1. The summed E-state index contributed by atoms with van der Waals surface area (Å²) >= 11 is 0. The van der Waals surface area contributed by atoms with Crippen molar-refractivity contribution in [2.75, 3.05) is 6.54 Å². The van der Waals surface area contributed by atoms with Crippen LogP contribution >= 0.6 is 0 Å². The molecule has 0 heterocycles. The normalized spacial score (nSPS) is 14.1. The number of hydrogen-bond donors (Lipinski definition) is 1. The lowest BCUT2D eigenvalue weighted by Gasteiger charge is -2.02. The van der Waals surface area contributed by atoms with Gasteiger partial charge >= 0.3 is 0 Å². The molecule has 1 heteroatoms. The van der Waals surface area contributed by atoms with E-state index in [-0.39, 0.29) is 1.43 Å². The monoisotopic (exact) mass is 103 g/mol. The standard InChI is InChI=1S/C6H15N.H2/c1-3-4-6(2)5-7;/h6H,3-5,7H2,1-2H3;1H/t6-;/m0./s1. The summed E-state index contributed by atoms with van der Waals surface area (Å²) in [5.41, 5.74) is 5.36. The van der Waals surface area contributed by atoms with Crippen LogP contribution in [0.2, 0.25) is 0 Å². The average molecular weight is 103 g/mol. The van der Waals surface area contributed by atoms with Gasteiger partial charge < -0.3 is 5.73 Å². The molecular formula is C6H17N. The van der Waals surface area contributed by atoms with Gasteiger partial charge in [-0.15, -0.1) is 0 Å². The van der Waals surface area contributed by atoms with Crippen LogP contribution in [-0.2, 0) is 0 Å². The van der Waals surface area contributed by atoms with Gasteiger partial charge in [0.1, 0.15) is 0 Å². The van der Waals surface area contributed by atoms with Crippen LogP contribution in [0.4, 0.5) is 0 Å². The van der Waals surface area contributed by atoms with Gasteiger partial charge in [-0.1, -0.05) is 20.3 Å². The Morgan fingerprint density at radius 3 is 2.43 bits per heavy atom. The van der Waals surface area contributed by atoms with Gasteiger partial charge in [-0.25, -0.2) is 0 Å². The quantitative estimate of drug-likeness (QED) is 0.577. The number of nitrogens with two attached hydrogens (primary N) is 1. The van der Waals surface area contributed by atoms with E-state index in [4.69, 9.17) is 5.73 Å². The summed E-state index contributed by atoms with van der Waals surface area (Å²) in [5, 5.41) is 0. The van der Waals surface area contributed by atoms with Crippen molar-refractivity contribution in [2.24, 2.45) is 11.7 Å². The fraction of sp³-hybridized carbons (Fsp3) is 1.00. The van der Waals surface area contributed by atoms with Crippen LogP contribution < -0.4 is 5.73 Å². The van der Waals surface area contributed by atoms with Crippen molar-refractivity contribution >= 4 is 0 Å². The summed E-state index contributed by atoms with van der Waals surface area (Å²) < 4.78 is 0. The first-order valence-corrected chi connectivity index (χ1v) is 3.01. The van der Waals surface area contributed by atoms with Crippen molar-refractivity contribution in [3.8, 4) is 0 Å². The zero-order valence-corrected chi connectivity index (χ0v) is 5.28. The molecule has 0 aliphatic heterocycles. The summed E-state index contributed by atoms with van der Waals surface area (Å²) in [6, 6.07) is 0. The molecule has 0 bridgehead atoms. The second-order valence-electron chi connectivity index (χ2n) is 2.13. The van der Waals surface area contributed by atoms with E-state index in [9.17, 15) is 0 Å². The molecule has 2 N–H and O–H groups in total. The predicted molar refractivity (Wildman–Crippen MR) is 35.2 cm³/mol. The Morgan fingerprint density at radius 2 is 2.29 bits per heavy atom. The Balaban J connectivity index is 0. The van der Waals surface area contributed by atoms with Gasteiger partial charge in [0.15, 0.2) is 0 Å². The van der Waals surface area contributed by atoms with Gasteiger partial charge in [0.2, 0.25) is 0 Å². The Kier molecular flexibility index (Phi) is 4.10. The maximum absolute atomic E-state index is 5.36. The van der Waals surface area contributed by atoms with Crippen LogP contribution in [0.1, 0.15) is 28.1 Å². The fourth-order valence-corrected chi connectivity index (χ4v) is 0.611. The minimum absolute atomic E-state index is 0. The van der Waals surface area contributed by atoms with Crippen molar-refractivity contribution in [2.45, 2.75) is 26.7 Å². The maximum Gasteiger partial charge on any atom is 0 e. The molecule has 0 aromatic rings. The Labute approximate surface area is 47.4 Å². The van der Waals surface area contributed by atoms with E-state index in [1.165, 1.54) is 12.8 Å². The molecule has 0 saturated carbocycles. The van der Waals surface area contributed by atoms with Crippen molar-refractivity contribution in [1.29, 1.82) is 0 Å². The van der Waals surface area contributed by atoms with E-state index in [0.717, 1.165) is 12.5 Å². The molecule has 0 rings (SSSR count). The lowest BCUT2D eigenvalue weighted by molar-refractivity contribution is 0.536. The molecule has 1 nitrogen and oxygen atoms in total. The molecule has 0 unspecified atom stereocenters. The molecule has 46 valence electrons. The van der Waals surface area contributed by atoms with E-state index in [2.05, 4.69) is 13.8 Å². The summed E-state index contributed by atoms with van der Waals surface area (Å²) in [6.07, 6.45) is 2.54. The third-order valence-corrected chi connectivity index (χ3v) is 1.18. The van der Waals surface area contributed by atoms with Crippen molar-refractivity contribution in [3.05, 3.63) is 0 Å². The zero-order valence-electron chi connectivity index (χ0n) is 5.28. The largest absolute Gasteiger partial charge is 0.330 e. The van der Waals surface area contributed by atoms with Gasteiger partial charge in [0.25, 0.3) is 0 Å². The minimum Gasteiger partial charge on any atom is -0.330 e. The van der Waals surface area contributed by atoms with Crippen molar-refractivity contribution < 1.29 is 1.43 Å². The summed E-state index contributed by atoms with van der Waals surface area (Å²) in [7, 11) is 0. The highest BCUT2D eigenvalue weighted by molar-refractivity contribution is 4.49. The van der Waals surface area contributed by atoms with E-state index < -0.39 is 0 Å². The highest BCUT2D eigenvalue weighted by atomic mass is 14.5. The van der Waals surface area contributed by atoms with Crippen molar-refractivity contribution in [1.82, 2.24) is 0 Å². The van der Waals surface area contributed by atoms with Gasteiger partial charge in [-0.2, -0.15) is 0 Å². The molecule has 1 atom stereocenters. The summed E-state index contributed by atoms with van der Waals surface area (Å²) in [5.74, 6) is 0.727. The molecule has 7 heavy (non-hydrogen) atoms. The van der Waals surface area contributed by atoms with Gasteiger partial charge in [-0.05, 0) is 18.9 Å². The van der Waals surface area contributed by atoms with Crippen LogP contribution in [0.25, 0.3) is 0 Å². The van der Waals surface area contributed by atoms with E-state index in [1.807, 2.05) is 0 Å². The molecule has 0 aliphatic rings. The zero-order chi connectivity index (χ0) is 5.70. The van der Waals surface area contributed by atoms with E-state index >= 15 is 0 Å². The lowest BCUT2D eigenvalue weighted by Crippen LogP contribution is -2.09. The smallest absolute Gasteiger partial charge is 0 e. The highest BCUT2D eigenvalue weighted by Gasteiger charge is 1.92. The molecule has 0 fully saturated rings. The molecule has 0 radical (unpaired) electrons. The summed E-state index contributed by atoms with van der Waals surface area (Å²) in [4.78, 5) is 0. The molecule has 0 aromatic carbocycles. The van der Waals surface area contributed by atoms with Crippen LogP contribution in [0.5, 0.6) is 0 Å². The molecule has 0 saturated heterocycles. The Morgan fingerprint density at radius 1 is 1.71 bits per heavy atom. The van der Waals surface area contributed by atoms with Crippen LogP contribution in [-0.4, -0.2) is 6.54 Å². The highest BCUT2D eigenvalue weighted by Crippen LogP contribution is 2.00. The van der Waals surface area contributed by atoms with Crippen LogP contribution in [0.15, 0.2) is 0 Å². The van der Waals surface area contributed by atoms with E-state index in [1.54, 1.807) is 0 Å². The molecule has 0 aromatic heterocycles. The Bertz CT molecular complexity index is 39.5. The molecular weight excluding hydrogens is 86.1 g/mol. The number of hydrogen-bond acceptors (Lipinski definition) is 1. The number of rotatable bonds is 3. The molecule has 0 aliphatic carbocycles. The van der Waals surface area contributed by atoms with Gasteiger partial charge in [0.05, 0.1) is 0 Å². The second kappa shape index (κ2) is 4.13. The van der Waals surface area contributed by atoms with Crippen molar-refractivity contribution in [3.63, 3.8) is 0 Å². The van der Waals surface area contributed by atoms with E-state index in [0.29, 0.717) is 0 Å². The van der Waals surface area contributed by atoms with Crippen LogP contribution in [0.3, 0.4) is 0 Å². The Hall–Kier alpha value is -0.0400. The fourth-order valence-electron chi connectivity index (χ4n) is 0.611. The van der Waals surface area contributed by atoms with Crippen LogP contribution in [0, 0.1) is 5.92 Å². The first-order chi connectivity index (χ1) is 3.31. The predicted octanol–water partition coefficient (Wildman–Crippen LogP) is 1.63. The second-order valence-corrected chi connectivity index (χ2v) is 2.13. The topological polar surface area (TPSA) is 26.0 Å². The maximum atomic E-state index is 5.36. The molecule has 0 amide bonds.